The Morgan fingerprint density at radius 1 is 1.03 bits per heavy atom. The maximum absolute atomic E-state index is 13.4. The summed E-state index contributed by atoms with van der Waals surface area (Å²) in [6.07, 6.45) is 2.90. The van der Waals surface area contributed by atoms with Crippen molar-refractivity contribution >= 4 is 17.9 Å². The zero-order valence-corrected chi connectivity index (χ0v) is 18.6. The van der Waals surface area contributed by atoms with Crippen LogP contribution in [0.15, 0.2) is 0 Å². The van der Waals surface area contributed by atoms with E-state index < -0.39 is 5.60 Å². The molecule has 7 heteroatoms. The monoisotopic (exact) mass is 407 g/mol. The maximum Gasteiger partial charge on any atom is 0.410 e. The van der Waals surface area contributed by atoms with Gasteiger partial charge in [-0.2, -0.15) is 0 Å². The van der Waals surface area contributed by atoms with E-state index in [0.717, 1.165) is 12.8 Å². The van der Waals surface area contributed by atoms with Crippen LogP contribution in [0.1, 0.15) is 60.3 Å². The van der Waals surface area contributed by atoms with Gasteiger partial charge in [0.1, 0.15) is 11.6 Å². The molecule has 0 N–H and O–H groups in total. The Morgan fingerprint density at radius 2 is 1.62 bits per heavy atom. The van der Waals surface area contributed by atoms with Crippen molar-refractivity contribution in [3.8, 4) is 0 Å². The Balaban J connectivity index is 1.61. The summed E-state index contributed by atoms with van der Waals surface area (Å²) in [7, 11) is 0. The molecular formula is C22H37N3O4. The molecule has 0 spiro atoms. The van der Waals surface area contributed by atoms with Crippen molar-refractivity contribution in [1.82, 2.24) is 14.7 Å². The first-order chi connectivity index (χ1) is 13.5. The van der Waals surface area contributed by atoms with Crippen LogP contribution in [0.2, 0.25) is 0 Å². The fourth-order valence-corrected chi connectivity index (χ4v) is 4.82. The van der Waals surface area contributed by atoms with Crippen molar-refractivity contribution < 1.29 is 19.1 Å². The van der Waals surface area contributed by atoms with Gasteiger partial charge in [0.2, 0.25) is 11.8 Å². The third-order valence-corrected chi connectivity index (χ3v) is 6.17. The summed E-state index contributed by atoms with van der Waals surface area (Å²) in [5.41, 5.74) is -0.498. The summed E-state index contributed by atoms with van der Waals surface area (Å²) in [6.45, 7) is 13.1. The Hall–Kier alpha value is -1.79. The van der Waals surface area contributed by atoms with E-state index >= 15 is 0 Å². The maximum atomic E-state index is 13.4. The molecule has 0 radical (unpaired) electrons. The molecule has 29 heavy (non-hydrogen) atoms. The van der Waals surface area contributed by atoms with Crippen molar-refractivity contribution in [2.45, 2.75) is 71.9 Å². The predicted octanol–water partition coefficient (Wildman–Crippen LogP) is 2.74. The first kappa shape index (κ1) is 21.9. The molecule has 3 rings (SSSR count). The quantitative estimate of drug-likeness (QED) is 0.718. The van der Waals surface area contributed by atoms with E-state index in [1.807, 2.05) is 30.6 Å². The van der Waals surface area contributed by atoms with Gasteiger partial charge in [0, 0.05) is 51.0 Å². The van der Waals surface area contributed by atoms with E-state index in [2.05, 4.69) is 13.8 Å². The number of likely N-dealkylation sites (tertiary alicyclic amines) is 3. The minimum absolute atomic E-state index is 0.0900. The number of carbonyl (C=O) groups is 3. The molecule has 3 heterocycles. The highest BCUT2D eigenvalue weighted by molar-refractivity contribution is 5.88. The van der Waals surface area contributed by atoms with Crippen LogP contribution in [0.25, 0.3) is 0 Å². The van der Waals surface area contributed by atoms with Crippen molar-refractivity contribution in [2.75, 3.05) is 32.7 Å². The molecule has 0 bridgehead atoms. The summed E-state index contributed by atoms with van der Waals surface area (Å²) >= 11 is 0. The molecular weight excluding hydrogens is 370 g/mol. The lowest BCUT2D eigenvalue weighted by Crippen LogP contribution is -2.53. The third kappa shape index (κ3) is 5.23. The fourth-order valence-electron chi connectivity index (χ4n) is 4.82. The molecule has 0 saturated carbocycles. The van der Waals surface area contributed by atoms with E-state index in [1.54, 1.807) is 4.90 Å². The van der Waals surface area contributed by atoms with Crippen LogP contribution in [0.5, 0.6) is 0 Å². The summed E-state index contributed by atoms with van der Waals surface area (Å²) in [4.78, 5) is 43.8. The Kier molecular flexibility index (Phi) is 6.44. The van der Waals surface area contributed by atoms with Crippen LogP contribution in [-0.4, -0.2) is 77.0 Å². The van der Waals surface area contributed by atoms with Crippen LogP contribution < -0.4 is 0 Å². The van der Waals surface area contributed by atoms with Crippen LogP contribution in [0.3, 0.4) is 0 Å². The number of hydrogen-bond acceptors (Lipinski definition) is 4. The molecule has 3 saturated heterocycles. The highest BCUT2D eigenvalue weighted by Crippen LogP contribution is 2.33. The van der Waals surface area contributed by atoms with E-state index in [4.69, 9.17) is 4.74 Å². The smallest absolute Gasteiger partial charge is 0.410 e. The SMILES string of the molecule is CC(C)C[C@H](C(=O)N1C[C@H]2CN(C(=O)OC(C)(C)C)C[C@H]2C1)N1CCCCC1=O. The van der Waals surface area contributed by atoms with Gasteiger partial charge in [-0.15, -0.1) is 0 Å². The zero-order valence-electron chi connectivity index (χ0n) is 18.6. The van der Waals surface area contributed by atoms with Gasteiger partial charge in [-0.05, 0) is 46.0 Å². The molecule has 3 aliphatic heterocycles. The van der Waals surface area contributed by atoms with Gasteiger partial charge in [-0.25, -0.2) is 4.79 Å². The molecule has 0 aromatic carbocycles. The van der Waals surface area contributed by atoms with Crippen LogP contribution in [-0.2, 0) is 14.3 Å². The number of carbonyl (C=O) groups excluding carboxylic acids is 3. The lowest BCUT2D eigenvalue weighted by molar-refractivity contribution is -0.147. The number of amides is 3. The summed E-state index contributed by atoms with van der Waals surface area (Å²) in [5.74, 6) is 1.15. The zero-order chi connectivity index (χ0) is 21.3. The molecule has 0 aliphatic carbocycles. The second-order valence-electron chi connectivity index (χ2n) is 10.3. The Labute approximate surface area is 174 Å². The van der Waals surface area contributed by atoms with E-state index in [0.29, 0.717) is 63.3 Å². The molecule has 0 aromatic heterocycles. The highest BCUT2D eigenvalue weighted by atomic mass is 16.6. The summed E-state index contributed by atoms with van der Waals surface area (Å²) in [5, 5.41) is 0. The summed E-state index contributed by atoms with van der Waals surface area (Å²) in [6, 6.07) is -0.344. The largest absolute Gasteiger partial charge is 0.444 e. The lowest BCUT2D eigenvalue weighted by Gasteiger charge is -2.37. The van der Waals surface area contributed by atoms with Gasteiger partial charge in [0.25, 0.3) is 0 Å². The van der Waals surface area contributed by atoms with Crippen molar-refractivity contribution in [1.29, 1.82) is 0 Å². The first-order valence-corrected chi connectivity index (χ1v) is 11.1. The minimum Gasteiger partial charge on any atom is -0.444 e. The fraction of sp³-hybridized carbons (Fsp3) is 0.864. The summed E-state index contributed by atoms with van der Waals surface area (Å²) < 4.78 is 5.50. The second kappa shape index (κ2) is 8.52. The van der Waals surface area contributed by atoms with Crippen LogP contribution >= 0.6 is 0 Å². The standard InChI is InChI=1S/C22H37N3O4/c1-15(2)10-18(25-9-7-6-8-19(25)26)20(27)23-11-16-13-24(14-17(16)12-23)21(28)29-22(3,4)5/h15-18H,6-14H2,1-5H3/t16-,17+,18-/m1/s1. The van der Waals surface area contributed by atoms with Gasteiger partial charge < -0.3 is 19.4 Å². The van der Waals surface area contributed by atoms with Gasteiger partial charge in [0.15, 0.2) is 0 Å². The van der Waals surface area contributed by atoms with Gasteiger partial charge in [0.05, 0.1) is 0 Å². The average molecular weight is 408 g/mol. The molecule has 3 fully saturated rings. The third-order valence-electron chi connectivity index (χ3n) is 6.17. The van der Waals surface area contributed by atoms with E-state index in [-0.39, 0.29) is 23.9 Å². The van der Waals surface area contributed by atoms with E-state index in [1.165, 1.54) is 0 Å². The lowest BCUT2D eigenvalue weighted by atomic mass is 9.98. The Morgan fingerprint density at radius 3 is 2.14 bits per heavy atom. The topological polar surface area (TPSA) is 70.2 Å². The molecule has 3 aliphatic rings. The van der Waals surface area contributed by atoms with Crippen molar-refractivity contribution in [3.05, 3.63) is 0 Å². The van der Waals surface area contributed by atoms with E-state index in [9.17, 15) is 14.4 Å². The van der Waals surface area contributed by atoms with Crippen LogP contribution in [0, 0.1) is 17.8 Å². The Bertz CT molecular complexity index is 628. The van der Waals surface area contributed by atoms with Gasteiger partial charge in [-0.1, -0.05) is 13.8 Å². The highest BCUT2D eigenvalue weighted by Gasteiger charge is 2.46. The molecule has 0 aromatic rings. The number of fused-ring (bicyclic) bond motifs is 1. The molecule has 3 amide bonds. The molecule has 0 unspecified atom stereocenters. The average Bonchev–Trinajstić information content (AvgIpc) is 3.17. The molecule has 3 atom stereocenters. The van der Waals surface area contributed by atoms with Gasteiger partial charge in [-0.3, -0.25) is 9.59 Å². The second-order valence-corrected chi connectivity index (χ2v) is 10.3. The van der Waals surface area contributed by atoms with Crippen LogP contribution in [0.4, 0.5) is 4.79 Å². The molecule has 164 valence electrons. The van der Waals surface area contributed by atoms with Crippen molar-refractivity contribution in [2.24, 2.45) is 17.8 Å². The number of hydrogen-bond donors (Lipinski definition) is 0. The number of rotatable bonds is 4. The van der Waals surface area contributed by atoms with Gasteiger partial charge >= 0.3 is 6.09 Å². The number of nitrogens with zero attached hydrogens (tertiary/aromatic N) is 3. The van der Waals surface area contributed by atoms with Crippen molar-refractivity contribution in [3.63, 3.8) is 0 Å². The minimum atomic E-state index is -0.498. The first-order valence-electron chi connectivity index (χ1n) is 11.1. The molecule has 7 nitrogen and oxygen atoms in total. The predicted molar refractivity (Wildman–Crippen MR) is 110 cm³/mol. The number of piperidine rings is 1. The number of ether oxygens (including phenoxy) is 1. The normalized spacial score (nSPS) is 26.1.